The quantitative estimate of drug-likeness (QED) is 0.843. The van der Waals surface area contributed by atoms with Crippen LogP contribution in [0, 0.1) is 5.82 Å². The van der Waals surface area contributed by atoms with Crippen LogP contribution in [0.15, 0.2) is 42.7 Å². The first-order valence-corrected chi connectivity index (χ1v) is 9.24. The van der Waals surface area contributed by atoms with Gasteiger partial charge in [-0.25, -0.2) is 14.4 Å². The molecule has 1 aromatic heterocycles. The highest BCUT2D eigenvalue weighted by atomic mass is 19.1. The van der Waals surface area contributed by atoms with Crippen molar-refractivity contribution in [3.63, 3.8) is 0 Å². The smallest absolute Gasteiger partial charge is 0.225 e. The minimum absolute atomic E-state index is 0.0356. The third-order valence-corrected chi connectivity index (χ3v) is 5.65. The van der Waals surface area contributed by atoms with Gasteiger partial charge in [-0.2, -0.15) is 0 Å². The first-order chi connectivity index (χ1) is 12.6. The summed E-state index contributed by atoms with van der Waals surface area (Å²) in [4.78, 5) is 12.7. The number of halogens is 1. The molecule has 5 nitrogen and oxygen atoms in total. The van der Waals surface area contributed by atoms with Crippen molar-refractivity contribution < 1.29 is 9.13 Å². The Labute approximate surface area is 153 Å². The van der Waals surface area contributed by atoms with Crippen molar-refractivity contribution in [1.29, 1.82) is 0 Å². The van der Waals surface area contributed by atoms with Gasteiger partial charge in [0, 0.05) is 25.7 Å². The van der Waals surface area contributed by atoms with Gasteiger partial charge in [0.25, 0.3) is 0 Å². The Morgan fingerprint density at radius 2 is 1.88 bits per heavy atom. The fourth-order valence-electron chi connectivity index (χ4n) is 4.04. The van der Waals surface area contributed by atoms with Crippen LogP contribution in [0.1, 0.15) is 24.8 Å². The lowest BCUT2D eigenvalue weighted by atomic mass is 9.87. The molecule has 1 aromatic carbocycles. The van der Waals surface area contributed by atoms with Gasteiger partial charge in [-0.05, 0) is 31.9 Å². The van der Waals surface area contributed by atoms with Crippen molar-refractivity contribution in [2.75, 3.05) is 31.6 Å². The lowest BCUT2D eigenvalue weighted by molar-refractivity contribution is -0.0159. The Hall–Kier alpha value is -2.05. The summed E-state index contributed by atoms with van der Waals surface area (Å²) >= 11 is 0. The van der Waals surface area contributed by atoms with E-state index in [0.717, 1.165) is 45.5 Å². The van der Waals surface area contributed by atoms with Gasteiger partial charge in [0.1, 0.15) is 0 Å². The molecule has 2 aliphatic heterocycles. The van der Waals surface area contributed by atoms with Crippen LogP contribution in [-0.2, 0) is 11.3 Å². The monoisotopic (exact) mass is 356 g/mol. The molecular weight excluding hydrogens is 331 g/mol. The molecule has 1 atom stereocenters. The zero-order chi connectivity index (χ0) is 18.0. The predicted molar refractivity (Wildman–Crippen MR) is 98.4 cm³/mol. The maximum atomic E-state index is 13.0. The second-order valence-electron chi connectivity index (χ2n) is 7.44. The zero-order valence-electron chi connectivity index (χ0n) is 15.1. The highest BCUT2D eigenvalue weighted by Gasteiger charge is 2.44. The van der Waals surface area contributed by atoms with Crippen molar-refractivity contribution in [1.82, 2.24) is 14.9 Å². The van der Waals surface area contributed by atoms with Gasteiger partial charge in [-0.1, -0.05) is 30.3 Å². The summed E-state index contributed by atoms with van der Waals surface area (Å²) in [7, 11) is 2.18. The SMILES string of the molecule is CN(Cc1ccccc1)[C@H]1COC2(CCN(c3ncc(F)cn3)CC2)C1. The maximum absolute atomic E-state index is 13.0. The standard InChI is InChI=1S/C20H25FN4O/c1-24(14-16-5-3-2-4-6-16)18-11-20(26-15-18)7-9-25(10-8-20)19-22-12-17(21)13-23-19/h2-6,12-13,18H,7-11,14-15H2,1H3/t18-/m1/s1. The Balaban J connectivity index is 1.33. The number of ether oxygens (including phenoxy) is 1. The molecule has 2 aliphatic rings. The molecule has 4 rings (SSSR count). The topological polar surface area (TPSA) is 41.5 Å². The second kappa shape index (κ2) is 7.29. The molecule has 0 radical (unpaired) electrons. The van der Waals surface area contributed by atoms with Crippen molar-refractivity contribution in [3.8, 4) is 0 Å². The van der Waals surface area contributed by atoms with Crippen LogP contribution in [0.2, 0.25) is 0 Å². The molecule has 6 heteroatoms. The molecule has 0 unspecified atom stereocenters. The maximum Gasteiger partial charge on any atom is 0.225 e. The van der Waals surface area contributed by atoms with E-state index in [4.69, 9.17) is 4.74 Å². The Morgan fingerprint density at radius 3 is 2.58 bits per heavy atom. The van der Waals surface area contributed by atoms with E-state index in [-0.39, 0.29) is 5.60 Å². The molecule has 26 heavy (non-hydrogen) atoms. The minimum atomic E-state index is -0.398. The first kappa shape index (κ1) is 17.4. The van der Waals surface area contributed by atoms with E-state index in [2.05, 4.69) is 57.1 Å². The molecule has 0 saturated carbocycles. The molecule has 0 amide bonds. The third-order valence-electron chi connectivity index (χ3n) is 5.65. The minimum Gasteiger partial charge on any atom is -0.373 e. The van der Waals surface area contributed by atoms with Crippen LogP contribution in [0.4, 0.5) is 10.3 Å². The fourth-order valence-corrected chi connectivity index (χ4v) is 4.04. The summed E-state index contributed by atoms with van der Waals surface area (Å²) in [5.41, 5.74) is 1.30. The average Bonchev–Trinajstić information content (AvgIpc) is 3.08. The second-order valence-corrected chi connectivity index (χ2v) is 7.44. The van der Waals surface area contributed by atoms with Gasteiger partial charge >= 0.3 is 0 Å². The van der Waals surface area contributed by atoms with Gasteiger partial charge in [-0.3, -0.25) is 4.90 Å². The van der Waals surface area contributed by atoms with Crippen LogP contribution >= 0.6 is 0 Å². The van der Waals surface area contributed by atoms with E-state index >= 15 is 0 Å². The molecule has 0 aliphatic carbocycles. The van der Waals surface area contributed by atoms with E-state index in [1.807, 2.05) is 0 Å². The molecule has 0 N–H and O–H groups in total. The van der Waals surface area contributed by atoms with Gasteiger partial charge in [0.15, 0.2) is 5.82 Å². The van der Waals surface area contributed by atoms with Crippen molar-refractivity contribution >= 4 is 5.95 Å². The van der Waals surface area contributed by atoms with Crippen LogP contribution < -0.4 is 4.90 Å². The van der Waals surface area contributed by atoms with Crippen LogP contribution in [0.3, 0.4) is 0 Å². The molecule has 3 heterocycles. The number of hydrogen-bond acceptors (Lipinski definition) is 5. The number of rotatable bonds is 4. The predicted octanol–water partition coefficient (Wildman–Crippen LogP) is 2.88. The number of nitrogens with zero attached hydrogens (tertiary/aromatic N) is 4. The lowest BCUT2D eigenvalue weighted by Crippen LogP contribution is -2.45. The summed E-state index contributed by atoms with van der Waals surface area (Å²) in [6.07, 6.45) is 5.45. The molecule has 2 saturated heterocycles. The van der Waals surface area contributed by atoms with Crippen molar-refractivity contribution in [2.45, 2.75) is 37.5 Å². The Kier molecular flexibility index (Phi) is 4.87. The highest BCUT2D eigenvalue weighted by Crippen LogP contribution is 2.38. The van der Waals surface area contributed by atoms with Gasteiger partial charge in [0.05, 0.1) is 24.6 Å². The van der Waals surface area contributed by atoms with Gasteiger partial charge in [0.2, 0.25) is 5.95 Å². The molecule has 2 aromatic rings. The van der Waals surface area contributed by atoms with Crippen molar-refractivity contribution in [2.24, 2.45) is 0 Å². The zero-order valence-corrected chi connectivity index (χ0v) is 15.1. The van der Waals surface area contributed by atoms with E-state index in [9.17, 15) is 4.39 Å². The summed E-state index contributed by atoms with van der Waals surface area (Å²) in [5, 5.41) is 0. The normalized spacial score (nSPS) is 22.3. The number of benzene rings is 1. The van der Waals surface area contributed by atoms with Crippen LogP contribution in [0.5, 0.6) is 0 Å². The first-order valence-electron chi connectivity index (χ1n) is 9.24. The molecule has 2 fully saturated rings. The highest BCUT2D eigenvalue weighted by molar-refractivity contribution is 5.30. The van der Waals surface area contributed by atoms with Crippen LogP contribution in [0.25, 0.3) is 0 Å². The number of piperidine rings is 1. The third kappa shape index (κ3) is 3.71. The summed E-state index contributed by atoms with van der Waals surface area (Å²) in [5.74, 6) is 0.211. The molecule has 1 spiro atoms. The average molecular weight is 356 g/mol. The fraction of sp³-hybridized carbons (Fsp3) is 0.500. The van der Waals surface area contributed by atoms with Crippen LogP contribution in [-0.4, -0.2) is 53.3 Å². The lowest BCUT2D eigenvalue weighted by Gasteiger charge is -2.38. The van der Waals surface area contributed by atoms with E-state index < -0.39 is 5.82 Å². The van der Waals surface area contributed by atoms with Crippen molar-refractivity contribution in [3.05, 3.63) is 54.1 Å². The Morgan fingerprint density at radius 1 is 1.19 bits per heavy atom. The largest absolute Gasteiger partial charge is 0.373 e. The van der Waals surface area contributed by atoms with Gasteiger partial charge < -0.3 is 9.64 Å². The molecule has 138 valence electrons. The van der Waals surface area contributed by atoms with E-state index in [1.54, 1.807) is 0 Å². The van der Waals surface area contributed by atoms with E-state index in [0.29, 0.717) is 12.0 Å². The number of hydrogen-bond donors (Lipinski definition) is 0. The Bertz CT molecular complexity index is 716. The van der Waals surface area contributed by atoms with E-state index in [1.165, 1.54) is 18.0 Å². The molecule has 0 bridgehead atoms. The number of likely N-dealkylation sites (N-methyl/N-ethyl adjacent to an activating group) is 1. The number of aromatic nitrogens is 2. The number of anilines is 1. The van der Waals surface area contributed by atoms with Gasteiger partial charge in [-0.15, -0.1) is 0 Å². The summed E-state index contributed by atoms with van der Waals surface area (Å²) in [6, 6.07) is 11.0. The summed E-state index contributed by atoms with van der Waals surface area (Å²) < 4.78 is 19.3. The molecular formula is C20H25FN4O. The summed E-state index contributed by atoms with van der Waals surface area (Å²) in [6.45, 7) is 3.43.